The first kappa shape index (κ1) is 19.0. The summed E-state index contributed by atoms with van der Waals surface area (Å²) < 4.78 is 10.7. The smallest absolute Gasteiger partial charge is 0.253 e. The van der Waals surface area contributed by atoms with Gasteiger partial charge < -0.3 is 14.8 Å². The zero-order valence-corrected chi connectivity index (χ0v) is 16.4. The summed E-state index contributed by atoms with van der Waals surface area (Å²) in [5.74, 6) is -0.376. The van der Waals surface area contributed by atoms with Crippen molar-refractivity contribution in [2.75, 3.05) is 20.8 Å². The fourth-order valence-electron chi connectivity index (χ4n) is 4.03. The number of methoxy groups -OCH3 is 2. The second-order valence-corrected chi connectivity index (χ2v) is 7.14. The third-order valence-corrected chi connectivity index (χ3v) is 5.54. The summed E-state index contributed by atoms with van der Waals surface area (Å²) in [6.07, 6.45) is 1.51. The van der Waals surface area contributed by atoms with Crippen LogP contribution >= 0.6 is 0 Å². The average Bonchev–Trinajstić information content (AvgIpc) is 3.34. The number of hydrogen-bond acceptors (Lipinski definition) is 5. The van der Waals surface area contributed by atoms with E-state index in [1.807, 2.05) is 42.5 Å². The molecule has 2 unspecified atom stereocenters. The summed E-state index contributed by atoms with van der Waals surface area (Å²) in [4.78, 5) is 25.1. The molecular weight excluding hydrogens is 370 g/mol. The van der Waals surface area contributed by atoms with E-state index < -0.39 is 11.8 Å². The lowest BCUT2D eigenvalue weighted by molar-refractivity contribution is -0.133. The van der Waals surface area contributed by atoms with Crippen molar-refractivity contribution in [3.8, 4) is 11.5 Å². The van der Waals surface area contributed by atoms with Gasteiger partial charge in [0.2, 0.25) is 5.91 Å². The number of nitrogens with zero attached hydrogens (tertiary/aromatic N) is 1. The Labute approximate surface area is 169 Å². The highest BCUT2D eigenvalue weighted by molar-refractivity contribution is 6.07. The summed E-state index contributed by atoms with van der Waals surface area (Å²) in [6, 6.07) is 13.4. The van der Waals surface area contributed by atoms with Crippen LogP contribution in [0.25, 0.3) is 0 Å². The van der Waals surface area contributed by atoms with Crippen molar-refractivity contribution < 1.29 is 19.1 Å². The van der Waals surface area contributed by atoms with E-state index in [4.69, 9.17) is 9.47 Å². The SMILES string of the molecule is COc1cc2c(cc1OC)/C(=N\NC(=O)C1C(=O)NCC1c1ccccc1)CC2. The third-order valence-electron chi connectivity index (χ3n) is 5.54. The van der Waals surface area contributed by atoms with E-state index in [0.29, 0.717) is 24.5 Å². The Morgan fingerprint density at radius 3 is 2.55 bits per heavy atom. The van der Waals surface area contributed by atoms with E-state index in [1.165, 1.54) is 0 Å². The number of ether oxygens (including phenoxy) is 2. The van der Waals surface area contributed by atoms with Gasteiger partial charge in [0.05, 0.1) is 19.9 Å². The number of hydrogen-bond donors (Lipinski definition) is 2. The van der Waals surface area contributed by atoms with Crippen LogP contribution < -0.4 is 20.2 Å². The second kappa shape index (κ2) is 7.95. The predicted octanol–water partition coefficient (Wildman–Crippen LogP) is 2.00. The Balaban J connectivity index is 1.54. The molecule has 2 atom stereocenters. The quantitative estimate of drug-likeness (QED) is 0.601. The largest absolute Gasteiger partial charge is 0.493 e. The Morgan fingerprint density at radius 2 is 1.83 bits per heavy atom. The molecule has 1 fully saturated rings. The molecule has 29 heavy (non-hydrogen) atoms. The second-order valence-electron chi connectivity index (χ2n) is 7.14. The Kier molecular flexibility index (Phi) is 5.20. The molecule has 2 aromatic carbocycles. The maximum Gasteiger partial charge on any atom is 0.253 e. The van der Waals surface area contributed by atoms with Crippen LogP contribution in [0.3, 0.4) is 0 Å². The molecule has 2 aliphatic rings. The molecule has 7 heteroatoms. The number of benzene rings is 2. The number of amides is 2. The van der Waals surface area contributed by atoms with Crippen LogP contribution in [0, 0.1) is 5.92 Å². The summed E-state index contributed by atoms with van der Waals surface area (Å²) in [5.41, 5.74) is 6.37. The van der Waals surface area contributed by atoms with Gasteiger partial charge in [0.15, 0.2) is 11.5 Å². The summed E-state index contributed by atoms with van der Waals surface area (Å²) in [6.45, 7) is 0.442. The van der Waals surface area contributed by atoms with Crippen LogP contribution in [-0.4, -0.2) is 38.3 Å². The molecule has 0 aromatic heterocycles. The number of hydrazone groups is 1. The number of rotatable bonds is 5. The fraction of sp³-hybridized carbons (Fsp3) is 0.318. The lowest BCUT2D eigenvalue weighted by Gasteiger charge is -2.15. The van der Waals surface area contributed by atoms with Crippen LogP contribution in [0.5, 0.6) is 11.5 Å². The Morgan fingerprint density at radius 1 is 1.10 bits per heavy atom. The zero-order valence-electron chi connectivity index (χ0n) is 16.4. The Hall–Kier alpha value is -3.35. The van der Waals surface area contributed by atoms with Gasteiger partial charge in [-0.3, -0.25) is 9.59 Å². The molecule has 1 heterocycles. The van der Waals surface area contributed by atoms with Crippen molar-refractivity contribution in [1.82, 2.24) is 10.7 Å². The van der Waals surface area contributed by atoms with Gasteiger partial charge in [-0.25, -0.2) is 5.43 Å². The molecule has 4 rings (SSSR count). The van der Waals surface area contributed by atoms with E-state index in [-0.39, 0.29) is 11.8 Å². The first-order valence-corrected chi connectivity index (χ1v) is 9.56. The minimum absolute atomic E-state index is 0.205. The van der Waals surface area contributed by atoms with Gasteiger partial charge in [-0.2, -0.15) is 5.10 Å². The molecule has 2 aromatic rings. The van der Waals surface area contributed by atoms with Crippen LogP contribution in [0.1, 0.15) is 29.0 Å². The average molecular weight is 393 g/mol. The molecule has 2 amide bonds. The number of nitrogens with one attached hydrogen (secondary N) is 2. The predicted molar refractivity (Wildman–Crippen MR) is 108 cm³/mol. The van der Waals surface area contributed by atoms with Gasteiger partial charge in [0.1, 0.15) is 5.92 Å². The lowest BCUT2D eigenvalue weighted by atomic mass is 9.88. The Bertz CT molecular complexity index is 972. The van der Waals surface area contributed by atoms with Gasteiger partial charge >= 0.3 is 0 Å². The molecule has 7 nitrogen and oxygen atoms in total. The van der Waals surface area contributed by atoms with E-state index >= 15 is 0 Å². The number of fused-ring (bicyclic) bond motifs is 1. The molecule has 0 radical (unpaired) electrons. The van der Waals surface area contributed by atoms with Gasteiger partial charge in [-0.05, 0) is 36.1 Å². The van der Waals surface area contributed by atoms with E-state index in [2.05, 4.69) is 15.8 Å². The molecular formula is C22H23N3O4. The minimum Gasteiger partial charge on any atom is -0.493 e. The third kappa shape index (κ3) is 3.55. The van der Waals surface area contributed by atoms with Gasteiger partial charge in [0, 0.05) is 18.0 Å². The molecule has 1 saturated heterocycles. The highest BCUT2D eigenvalue weighted by Gasteiger charge is 2.41. The van der Waals surface area contributed by atoms with Crippen molar-refractivity contribution in [2.45, 2.75) is 18.8 Å². The van der Waals surface area contributed by atoms with E-state index in [9.17, 15) is 9.59 Å². The first-order chi connectivity index (χ1) is 14.1. The fourth-order valence-corrected chi connectivity index (χ4v) is 4.03. The number of carbonyl (C=O) groups excluding carboxylic acids is 2. The van der Waals surface area contributed by atoms with Crippen molar-refractivity contribution >= 4 is 17.5 Å². The molecule has 0 spiro atoms. The van der Waals surface area contributed by atoms with E-state index in [0.717, 1.165) is 28.8 Å². The number of carbonyl (C=O) groups is 2. The highest BCUT2D eigenvalue weighted by atomic mass is 16.5. The number of aryl methyl sites for hydroxylation is 1. The normalized spacial score (nSPS) is 21.6. The minimum atomic E-state index is -0.798. The summed E-state index contributed by atoms with van der Waals surface area (Å²) in [5, 5.41) is 7.14. The molecule has 150 valence electrons. The maximum absolute atomic E-state index is 12.8. The highest BCUT2D eigenvalue weighted by Crippen LogP contribution is 2.35. The van der Waals surface area contributed by atoms with Crippen molar-refractivity contribution in [3.05, 3.63) is 59.2 Å². The van der Waals surface area contributed by atoms with Gasteiger partial charge in [-0.1, -0.05) is 30.3 Å². The van der Waals surface area contributed by atoms with Crippen LogP contribution in [0.4, 0.5) is 0 Å². The summed E-state index contributed by atoms with van der Waals surface area (Å²) >= 11 is 0. The molecule has 1 aliphatic heterocycles. The molecule has 1 aliphatic carbocycles. The topological polar surface area (TPSA) is 89.0 Å². The van der Waals surface area contributed by atoms with Crippen molar-refractivity contribution in [2.24, 2.45) is 11.0 Å². The van der Waals surface area contributed by atoms with Crippen molar-refractivity contribution in [1.29, 1.82) is 0 Å². The monoisotopic (exact) mass is 393 g/mol. The molecule has 0 bridgehead atoms. The van der Waals surface area contributed by atoms with Gasteiger partial charge in [0.25, 0.3) is 5.91 Å². The molecule has 2 N–H and O–H groups in total. The van der Waals surface area contributed by atoms with Crippen LogP contribution in [-0.2, 0) is 16.0 Å². The summed E-state index contributed by atoms with van der Waals surface area (Å²) in [7, 11) is 3.18. The molecule has 0 saturated carbocycles. The zero-order chi connectivity index (χ0) is 20.4. The maximum atomic E-state index is 12.8. The lowest BCUT2D eigenvalue weighted by Crippen LogP contribution is -2.35. The van der Waals surface area contributed by atoms with Crippen molar-refractivity contribution in [3.63, 3.8) is 0 Å². The first-order valence-electron chi connectivity index (χ1n) is 9.56. The van der Waals surface area contributed by atoms with Crippen LogP contribution in [0.2, 0.25) is 0 Å². The van der Waals surface area contributed by atoms with E-state index in [1.54, 1.807) is 14.2 Å². The standard InChI is InChI=1S/C22H23N3O4/c1-28-18-10-14-8-9-17(15(14)11-19(18)29-2)24-25-22(27)20-16(12-23-21(20)26)13-6-4-3-5-7-13/h3-7,10-11,16,20H,8-9,12H2,1-2H3,(H,23,26)(H,25,27)/b24-17-. The van der Waals surface area contributed by atoms with Crippen LogP contribution in [0.15, 0.2) is 47.6 Å². The van der Waals surface area contributed by atoms with Gasteiger partial charge in [-0.15, -0.1) is 0 Å².